The van der Waals surface area contributed by atoms with E-state index in [0.717, 1.165) is 38.5 Å². The Morgan fingerprint density at radius 2 is 1.62 bits per heavy atom. The third kappa shape index (κ3) is 17.9. The Labute approximate surface area is 159 Å². The van der Waals surface area contributed by atoms with Crippen LogP contribution in [0, 0.1) is 0 Å². The maximum absolute atomic E-state index is 11.4. The highest BCUT2D eigenvalue weighted by molar-refractivity contribution is 5.69. The van der Waals surface area contributed by atoms with Gasteiger partial charge in [-0.25, -0.2) is 0 Å². The lowest BCUT2D eigenvalue weighted by atomic mass is 10.1. The Kier molecular flexibility index (Phi) is 18.2. The van der Waals surface area contributed by atoms with E-state index in [4.69, 9.17) is 14.9 Å². The molecule has 0 aliphatic heterocycles. The summed E-state index contributed by atoms with van der Waals surface area (Å²) in [6.07, 6.45) is 16.2. The first-order valence-electron chi connectivity index (χ1n) is 10.4. The van der Waals surface area contributed by atoms with E-state index in [9.17, 15) is 9.90 Å². The SMILES string of the molecule is CCCCCCCC/C=C/C(O)CCCCCCC(=O)OCC(O)CO. The molecule has 0 heterocycles. The number of allylic oxidation sites excluding steroid dienone is 1. The predicted molar refractivity (Wildman–Crippen MR) is 105 cm³/mol. The van der Waals surface area contributed by atoms with E-state index in [1.54, 1.807) is 0 Å². The van der Waals surface area contributed by atoms with Gasteiger partial charge in [-0.1, -0.05) is 70.4 Å². The van der Waals surface area contributed by atoms with E-state index >= 15 is 0 Å². The van der Waals surface area contributed by atoms with E-state index < -0.39 is 12.7 Å². The van der Waals surface area contributed by atoms with Crippen molar-refractivity contribution in [2.24, 2.45) is 0 Å². The molecular formula is C21H40O5. The quantitative estimate of drug-likeness (QED) is 0.193. The number of unbranched alkanes of at least 4 members (excludes halogenated alkanes) is 9. The van der Waals surface area contributed by atoms with Gasteiger partial charge < -0.3 is 20.1 Å². The van der Waals surface area contributed by atoms with E-state index in [0.29, 0.717) is 6.42 Å². The van der Waals surface area contributed by atoms with Crippen LogP contribution in [-0.2, 0) is 9.53 Å². The highest BCUT2D eigenvalue weighted by atomic mass is 16.5. The Morgan fingerprint density at radius 3 is 2.35 bits per heavy atom. The highest BCUT2D eigenvalue weighted by Crippen LogP contribution is 2.10. The molecule has 0 rings (SSSR count). The molecule has 0 saturated carbocycles. The normalized spacial score (nSPS) is 13.8. The minimum absolute atomic E-state index is 0.146. The molecule has 2 atom stereocenters. The van der Waals surface area contributed by atoms with Gasteiger partial charge in [0.2, 0.25) is 0 Å². The molecule has 0 fully saturated rings. The van der Waals surface area contributed by atoms with Crippen molar-refractivity contribution in [3.8, 4) is 0 Å². The van der Waals surface area contributed by atoms with Crippen LogP contribution < -0.4 is 0 Å². The van der Waals surface area contributed by atoms with Crippen LogP contribution in [0.5, 0.6) is 0 Å². The highest BCUT2D eigenvalue weighted by Gasteiger charge is 2.07. The summed E-state index contributed by atoms with van der Waals surface area (Å²) >= 11 is 0. The van der Waals surface area contributed by atoms with Crippen LogP contribution in [0.15, 0.2) is 12.2 Å². The van der Waals surface area contributed by atoms with Gasteiger partial charge in [0, 0.05) is 6.42 Å². The first-order valence-corrected chi connectivity index (χ1v) is 10.4. The molecule has 0 aromatic carbocycles. The summed E-state index contributed by atoms with van der Waals surface area (Å²) in [5.41, 5.74) is 0. The molecule has 0 spiro atoms. The van der Waals surface area contributed by atoms with Crippen LogP contribution in [0.2, 0.25) is 0 Å². The fraction of sp³-hybridized carbons (Fsp3) is 0.857. The van der Waals surface area contributed by atoms with Gasteiger partial charge in [-0.15, -0.1) is 0 Å². The summed E-state index contributed by atoms with van der Waals surface area (Å²) in [5.74, 6) is -0.338. The predicted octanol–water partition coefficient (Wildman–Crippen LogP) is 3.89. The van der Waals surface area contributed by atoms with Crippen molar-refractivity contribution in [1.29, 1.82) is 0 Å². The molecule has 5 nitrogen and oxygen atoms in total. The topological polar surface area (TPSA) is 87.0 Å². The molecule has 0 amide bonds. The van der Waals surface area contributed by atoms with Gasteiger partial charge in [0.1, 0.15) is 12.7 Å². The Balaban J connectivity index is 3.41. The summed E-state index contributed by atoms with van der Waals surface area (Å²) < 4.78 is 4.83. The Bertz CT molecular complexity index is 343. The van der Waals surface area contributed by atoms with Crippen molar-refractivity contribution in [3.63, 3.8) is 0 Å². The molecule has 0 saturated heterocycles. The molecule has 0 aliphatic carbocycles. The number of ether oxygens (including phenoxy) is 1. The average Bonchev–Trinajstić information content (AvgIpc) is 2.64. The standard InChI is InChI=1S/C21H40O5/c1-2-3-4-5-6-7-8-11-14-19(23)15-12-9-10-13-16-21(25)26-18-20(24)17-22/h11,14,19-20,22-24H,2-10,12-13,15-18H2,1H3/b14-11+. The van der Waals surface area contributed by atoms with E-state index in [1.165, 1.54) is 38.5 Å². The third-order valence-electron chi connectivity index (χ3n) is 4.36. The van der Waals surface area contributed by atoms with Crippen LogP contribution in [0.4, 0.5) is 0 Å². The minimum Gasteiger partial charge on any atom is -0.463 e. The van der Waals surface area contributed by atoms with E-state index in [2.05, 4.69) is 13.0 Å². The number of carbonyl (C=O) groups is 1. The maximum atomic E-state index is 11.4. The zero-order valence-electron chi connectivity index (χ0n) is 16.6. The van der Waals surface area contributed by atoms with Crippen molar-refractivity contribution in [3.05, 3.63) is 12.2 Å². The van der Waals surface area contributed by atoms with Gasteiger partial charge in [0.05, 0.1) is 12.7 Å². The van der Waals surface area contributed by atoms with E-state index in [1.807, 2.05) is 6.08 Å². The fourth-order valence-corrected chi connectivity index (χ4v) is 2.68. The Morgan fingerprint density at radius 1 is 0.962 bits per heavy atom. The van der Waals surface area contributed by atoms with Gasteiger partial charge in [-0.2, -0.15) is 0 Å². The third-order valence-corrected chi connectivity index (χ3v) is 4.36. The molecule has 0 aromatic rings. The lowest BCUT2D eigenvalue weighted by molar-refractivity contribution is -0.147. The van der Waals surface area contributed by atoms with Crippen LogP contribution in [-0.4, -0.2) is 46.7 Å². The van der Waals surface area contributed by atoms with Crippen LogP contribution in [0.3, 0.4) is 0 Å². The van der Waals surface area contributed by atoms with E-state index in [-0.39, 0.29) is 18.7 Å². The smallest absolute Gasteiger partial charge is 0.305 e. The first kappa shape index (κ1) is 25.1. The monoisotopic (exact) mass is 372 g/mol. The zero-order chi connectivity index (χ0) is 19.5. The van der Waals surface area contributed by atoms with Crippen molar-refractivity contribution in [2.45, 2.75) is 103 Å². The summed E-state index contributed by atoms with van der Waals surface area (Å²) in [7, 11) is 0. The largest absolute Gasteiger partial charge is 0.463 e. The first-order chi connectivity index (χ1) is 12.6. The number of aliphatic hydroxyl groups is 3. The van der Waals surface area contributed by atoms with Gasteiger partial charge >= 0.3 is 5.97 Å². The fourth-order valence-electron chi connectivity index (χ4n) is 2.68. The number of rotatable bonds is 18. The lowest BCUT2D eigenvalue weighted by Gasteiger charge is -2.08. The molecule has 0 aromatic heterocycles. The molecule has 2 unspecified atom stereocenters. The lowest BCUT2D eigenvalue weighted by Crippen LogP contribution is -2.21. The molecular weight excluding hydrogens is 332 g/mol. The number of aliphatic hydroxyl groups excluding tert-OH is 3. The maximum Gasteiger partial charge on any atom is 0.305 e. The van der Waals surface area contributed by atoms with Crippen molar-refractivity contribution < 1.29 is 24.9 Å². The second-order valence-corrected chi connectivity index (χ2v) is 7.02. The van der Waals surface area contributed by atoms with Gasteiger partial charge in [0.15, 0.2) is 0 Å². The summed E-state index contributed by atoms with van der Waals surface area (Å²) in [4.78, 5) is 11.4. The summed E-state index contributed by atoms with van der Waals surface area (Å²) in [5, 5.41) is 27.6. The van der Waals surface area contributed by atoms with Gasteiger partial charge in [-0.3, -0.25) is 4.79 Å². The number of hydrogen-bond acceptors (Lipinski definition) is 5. The molecule has 26 heavy (non-hydrogen) atoms. The Hall–Kier alpha value is -0.910. The number of hydrogen-bond donors (Lipinski definition) is 3. The number of esters is 1. The minimum atomic E-state index is -0.991. The second-order valence-electron chi connectivity index (χ2n) is 7.02. The van der Waals surface area contributed by atoms with Crippen molar-refractivity contribution in [1.82, 2.24) is 0 Å². The van der Waals surface area contributed by atoms with Crippen LogP contribution >= 0.6 is 0 Å². The molecule has 154 valence electrons. The molecule has 0 aliphatic rings. The van der Waals surface area contributed by atoms with Gasteiger partial charge in [-0.05, 0) is 25.7 Å². The van der Waals surface area contributed by atoms with Crippen molar-refractivity contribution >= 4 is 5.97 Å². The number of carbonyl (C=O) groups excluding carboxylic acids is 1. The van der Waals surface area contributed by atoms with Gasteiger partial charge in [0.25, 0.3) is 0 Å². The zero-order valence-corrected chi connectivity index (χ0v) is 16.6. The molecule has 5 heteroatoms. The average molecular weight is 373 g/mol. The van der Waals surface area contributed by atoms with Crippen LogP contribution in [0.25, 0.3) is 0 Å². The summed E-state index contributed by atoms with van der Waals surface area (Å²) in [6.45, 7) is 1.68. The van der Waals surface area contributed by atoms with Crippen LogP contribution in [0.1, 0.15) is 90.4 Å². The molecule has 0 bridgehead atoms. The summed E-state index contributed by atoms with van der Waals surface area (Å²) in [6, 6.07) is 0. The molecule has 0 radical (unpaired) electrons. The molecule has 3 N–H and O–H groups in total. The van der Waals surface area contributed by atoms with Crippen molar-refractivity contribution in [2.75, 3.05) is 13.2 Å². The second kappa shape index (κ2) is 18.9.